The molecule has 1 saturated heterocycles. The minimum atomic E-state index is -0.167. The van der Waals surface area contributed by atoms with Crippen LogP contribution >= 0.6 is 23.2 Å². The van der Waals surface area contributed by atoms with Crippen LogP contribution in [-0.4, -0.2) is 43.7 Å². The minimum Gasteiger partial charge on any atom is -0.381 e. The third kappa shape index (κ3) is 5.48. The summed E-state index contributed by atoms with van der Waals surface area (Å²) >= 11 is 11.9. The average molecular weight is 422 g/mol. The van der Waals surface area contributed by atoms with Crippen LogP contribution in [0.4, 0.5) is 0 Å². The van der Waals surface area contributed by atoms with E-state index in [0.29, 0.717) is 28.2 Å². The number of halogens is 2. The highest BCUT2D eigenvalue weighted by Crippen LogP contribution is 2.23. The molecule has 6 heteroatoms. The van der Waals surface area contributed by atoms with Gasteiger partial charge in [-0.1, -0.05) is 47.5 Å². The maximum absolute atomic E-state index is 12.3. The van der Waals surface area contributed by atoms with Gasteiger partial charge in [-0.05, 0) is 23.8 Å². The molecular formula is C22H27Cl2N2O2+. The van der Waals surface area contributed by atoms with Crippen molar-refractivity contribution in [2.75, 3.05) is 27.3 Å². The van der Waals surface area contributed by atoms with Crippen LogP contribution in [-0.2, 0) is 17.8 Å². The summed E-state index contributed by atoms with van der Waals surface area (Å²) in [6.45, 7) is 3.19. The van der Waals surface area contributed by atoms with Gasteiger partial charge in [0.1, 0.15) is 6.54 Å². The predicted octanol–water partition coefficient (Wildman–Crippen LogP) is 4.68. The van der Waals surface area contributed by atoms with Crippen LogP contribution in [0.1, 0.15) is 34.3 Å². The van der Waals surface area contributed by atoms with E-state index in [1.165, 1.54) is 5.56 Å². The molecule has 4 nitrogen and oxygen atoms in total. The number of carbonyl (C=O) groups excluding carboxylic acids is 1. The number of amides is 1. The molecule has 0 aliphatic carbocycles. The van der Waals surface area contributed by atoms with Crippen molar-refractivity contribution in [1.82, 2.24) is 5.32 Å². The van der Waals surface area contributed by atoms with E-state index in [2.05, 4.69) is 43.7 Å². The van der Waals surface area contributed by atoms with Crippen molar-refractivity contribution >= 4 is 29.1 Å². The summed E-state index contributed by atoms with van der Waals surface area (Å²) in [7, 11) is 4.59. The smallest absolute Gasteiger partial charge is 0.251 e. The summed E-state index contributed by atoms with van der Waals surface area (Å²) in [6, 6.07) is 14.0. The lowest BCUT2D eigenvalue weighted by atomic mass is 10.0. The van der Waals surface area contributed by atoms with E-state index >= 15 is 0 Å². The molecule has 0 spiro atoms. The second kappa shape index (κ2) is 9.27. The fourth-order valence-corrected chi connectivity index (χ4v) is 3.97. The zero-order chi connectivity index (χ0) is 20.1. The maximum atomic E-state index is 12.3. The van der Waals surface area contributed by atoms with Crippen LogP contribution in [0.3, 0.4) is 0 Å². The Morgan fingerprint density at radius 2 is 1.68 bits per heavy atom. The Morgan fingerprint density at radius 3 is 2.32 bits per heavy atom. The quantitative estimate of drug-likeness (QED) is 0.687. The molecule has 1 amide bonds. The maximum Gasteiger partial charge on any atom is 0.251 e. The monoisotopic (exact) mass is 421 g/mol. The molecule has 0 atom stereocenters. The molecule has 1 aliphatic rings. The van der Waals surface area contributed by atoms with Gasteiger partial charge in [-0.3, -0.25) is 4.79 Å². The SMILES string of the molecule is C[N+](C)(Cc1ccc(CNC(=O)c2ccc(Cl)c(Cl)c2)cc1)C1CCOCC1. The van der Waals surface area contributed by atoms with E-state index in [1.807, 2.05) is 0 Å². The first-order chi connectivity index (χ1) is 13.3. The second-order valence-corrected chi connectivity index (χ2v) is 8.72. The summed E-state index contributed by atoms with van der Waals surface area (Å²) in [4.78, 5) is 12.3. The third-order valence-corrected chi connectivity index (χ3v) is 6.17. The molecule has 0 unspecified atom stereocenters. The van der Waals surface area contributed by atoms with Crippen LogP contribution < -0.4 is 5.32 Å². The molecule has 1 aliphatic heterocycles. The molecular weight excluding hydrogens is 395 g/mol. The lowest BCUT2D eigenvalue weighted by Gasteiger charge is -2.40. The molecule has 2 aromatic carbocycles. The largest absolute Gasteiger partial charge is 0.381 e. The fourth-order valence-electron chi connectivity index (χ4n) is 3.67. The van der Waals surface area contributed by atoms with E-state index in [0.717, 1.165) is 42.6 Å². The number of nitrogens with one attached hydrogen (secondary N) is 1. The van der Waals surface area contributed by atoms with Crippen molar-refractivity contribution in [3.63, 3.8) is 0 Å². The summed E-state index contributed by atoms with van der Waals surface area (Å²) in [5, 5.41) is 3.74. The van der Waals surface area contributed by atoms with Gasteiger partial charge in [0.25, 0.3) is 5.91 Å². The zero-order valence-corrected chi connectivity index (χ0v) is 17.9. The summed E-state index contributed by atoms with van der Waals surface area (Å²) < 4.78 is 6.46. The molecule has 1 fully saturated rings. The zero-order valence-electron chi connectivity index (χ0n) is 16.4. The Hall–Kier alpha value is -1.59. The first kappa shape index (κ1) is 21.1. The fraction of sp³-hybridized carbons (Fsp3) is 0.409. The van der Waals surface area contributed by atoms with E-state index in [4.69, 9.17) is 27.9 Å². The predicted molar refractivity (Wildman–Crippen MR) is 114 cm³/mol. The second-order valence-electron chi connectivity index (χ2n) is 7.91. The minimum absolute atomic E-state index is 0.167. The van der Waals surface area contributed by atoms with Gasteiger partial charge in [-0.25, -0.2) is 0 Å². The molecule has 1 N–H and O–H groups in total. The first-order valence-electron chi connectivity index (χ1n) is 9.56. The van der Waals surface area contributed by atoms with Crippen molar-refractivity contribution in [3.8, 4) is 0 Å². The summed E-state index contributed by atoms with van der Waals surface area (Å²) in [5.41, 5.74) is 2.87. The normalized spacial score (nSPS) is 15.4. The molecule has 1 heterocycles. The average Bonchev–Trinajstić information content (AvgIpc) is 2.70. The van der Waals surface area contributed by atoms with Crippen LogP contribution in [0, 0.1) is 0 Å². The highest BCUT2D eigenvalue weighted by molar-refractivity contribution is 6.42. The van der Waals surface area contributed by atoms with Crippen LogP contribution in [0.2, 0.25) is 10.0 Å². The molecule has 3 rings (SSSR count). The number of quaternary nitrogens is 1. The Balaban J connectivity index is 1.55. The number of nitrogens with zero attached hydrogens (tertiary/aromatic N) is 1. The lowest BCUT2D eigenvalue weighted by Crippen LogP contribution is -2.50. The van der Waals surface area contributed by atoms with Gasteiger partial charge in [0.15, 0.2) is 0 Å². The van der Waals surface area contributed by atoms with Gasteiger partial charge in [0.2, 0.25) is 0 Å². The van der Waals surface area contributed by atoms with Crippen molar-refractivity contribution < 1.29 is 14.0 Å². The van der Waals surface area contributed by atoms with E-state index in [-0.39, 0.29) is 5.91 Å². The van der Waals surface area contributed by atoms with E-state index in [1.54, 1.807) is 18.2 Å². The number of hydrogen-bond acceptors (Lipinski definition) is 2. The van der Waals surface area contributed by atoms with Gasteiger partial charge in [0, 0.05) is 30.5 Å². The molecule has 2 aromatic rings. The van der Waals surface area contributed by atoms with Gasteiger partial charge in [-0.15, -0.1) is 0 Å². The van der Waals surface area contributed by atoms with Crippen LogP contribution in [0.15, 0.2) is 42.5 Å². The van der Waals surface area contributed by atoms with Crippen molar-refractivity contribution in [1.29, 1.82) is 0 Å². The van der Waals surface area contributed by atoms with Crippen LogP contribution in [0.25, 0.3) is 0 Å². The number of rotatable bonds is 6. The highest BCUT2D eigenvalue weighted by atomic mass is 35.5. The van der Waals surface area contributed by atoms with Crippen molar-refractivity contribution in [2.24, 2.45) is 0 Å². The Morgan fingerprint density at radius 1 is 1.04 bits per heavy atom. The third-order valence-electron chi connectivity index (χ3n) is 5.43. The van der Waals surface area contributed by atoms with Crippen molar-refractivity contribution in [2.45, 2.75) is 32.0 Å². The molecule has 0 aromatic heterocycles. The standard InChI is InChI=1S/C22H26Cl2N2O2/c1-26(2,19-9-11-28-12-10-19)15-17-5-3-16(4-6-17)14-25-22(27)18-7-8-20(23)21(24)13-18/h3-8,13,19H,9-12,14-15H2,1-2H3/p+1. The number of carbonyl (C=O) groups is 1. The first-order valence-corrected chi connectivity index (χ1v) is 10.3. The molecule has 0 saturated carbocycles. The van der Waals surface area contributed by atoms with E-state index < -0.39 is 0 Å². The number of ether oxygens (including phenoxy) is 1. The molecule has 28 heavy (non-hydrogen) atoms. The Bertz CT molecular complexity index is 816. The van der Waals surface area contributed by atoms with Gasteiger partial charge >= 0.3 is 0 Å². The molecule has 0 radical (unpaired) electrons. The lowest BCUT2D eigenvalue weighted by molar-refractivity contribution is -0.929. The molecule has 150 valence electrons. The topological polar surface area (TPSA) is 38.3 Å². The van der Waals surface area contributed by atoms with Crippen LogP contribution in [0.5, 0.6) is 0 Å². The highest BCUT2D eigenvalue weighted by Gasteiger charge is 2.30. The van der Waals surface area contributed by atoms with Crippen molar-refractivity contribution in [3.05, 3.63) is 69.2 Å². The van der Waals surface area contributed by atoms with Gasteiger partial charge in [0.05, 0.1) is 43.4 Å². The van der Waals surface area contributed by atoms with E-state index in [9.17, 15) is 4.79 Å². The Kier molecular flexibility index (Phi) is 7.00. The number of benzene rings is 2. The Labute approximate surface area is 177 Å². The van der Waals surface area contributed by atoms with Gasteiger partial charge < -0.3 is 14.5 Å². The summed E-state index contributed by atoms with van der Waals surface area (Å²) in [5.74, 6) is -0.167. The molecule has 0 bridgehead atoms. The van der Waals surface area contributed by atoms with Gasteiger partial charge in [-0.2, -0.15) is 0 Å². The number of hydrogen-bond donors (Lipinski definition) is 1. The summed E-state index contributed by atoms with van der Waals surface area (Å²) in [6.07, 6.45) is 2.23.